The summed E-state index contributed by atoms with van der Waals surface area (Å²) in [6, 6.07) is 1.27. The molecule has 0 amide bonds. The van der Waals surface area contributed by atoms with Crippen LogP contribution < -0.4 is 5.73 Å². The largest absolute Gasteiger partial charge is 0.327 e. The van der Waals surface area contributed by atoms with Gasteiger partial charge in [0.05, 0.1) is 0 Å². The van der Waals surface area contributed by atoms with Crippen molar-refractivity contribution in [3.05, 3.63) is 0 Å². The Hall–Kier alpha value is -0.0800. The third-order valence-corrected chi connectivity index (χ3v) is 3.02. The number of rotatable bonds is 1. The fraction of sp³-hybridized carbons (Fsp3) is 1.00. The van der Waals surface area contributed by atoms with Gasteiger partial charge in [0, 0.05) is 25.2 Å². The van der Waals surface area contributed by atoms with Gasteiger partial charge in [-0.2, -0.15) is 0 Å². The maximum absolute atomic E-state index is 5.81. The molecule has 2 fully saturated rings. The smallest absolute Gasteiger partial charge is 0.0127 e. The SMILES string of the molecule is CC(C)N1CC2C(N)[C@H]2C1. The molecule has 1 aliphatic carbocycles. The summed E-state index contributed by atoms with van der Waals surface area (Å²) in [5.74, 6) is 1.70. The fourth-order valence-electron chi connectivity index (χ4n) is 2.03. The van der Waals surface area contributed by atoms with Crippen LogP contribution in [-0.4, -0.2) is 30.1 Å². The summed E-state index contributed by atoms with van der Waals surface area (Å²) in [5, 5.41) is 0. The summed E-state index contributed by atoms with van der Waals surface area (Å²) in [4.78, 5) is 2.53. The number of nitrogens with two attached hydrogens (primary N) is 1. The summed E-state index contributed by atoms with van der Waals surface area (Å²) in [5.41, 5.74) is 5.81. The van der Waals surface area contributed by atoms with Crippen LogP contribution in [0.5, 0.6) is 0 Å². The first-order valence-electron chi connectivity index (χ1n) is 4.20. The van der Waals surface area contributed by atoms with Gasteiger partial charge in [0.1, 0.15) is 0 Å². The first-order valence-corrected chi connectivity index (χ1v) is 4.20. The van der Waals surface area contributed by atoms with E-state index in [0.717, 1.165) is 17.9 Å². The standard InChI is InChI=1S/C8H16N2/c1-5(2)10-3-6-7(4-10)8(6)9/h5-8H,3-4,9H2,1-2H3/t6-,7?,8?/m0/s1. The van der Waals surface area contributed by atoms with Gasteiger partial charge in [0.25, 0.3) is 0 Å². The van der Waals surface area contributed by atoms with Crippen LogP contribution in [0.2, 0.25) is 0 Å². The molecular weight excluding hydrogens is 124 g/mol. The van der Waals surface area contributed by atoms with Crippen molar-refractivity contribution in [1.82, 2.24) is 4.90 Å². The molecule has 2 aliphatic rings. The van der Waals surface area contributed by atoms with E-state index in [1.54, 1.807) is 0 Å². The highest BCUT2D eigenvalue weighted by atomic mass is 15.2. The van der Waals surface area contributed by atoms with Crippen LogP contribution >= 0.6 is 0 Å². The maximum atomic E-state index is 5.81. The van der Waals surface area contributed by atoms with Gasteiger partial charge in [-0.25, -0.2) is 0 Å². The molecule has 1 heterocycles. The molecule has 1 aliphatic heterocycles. The summed E-state index contributed by atoms with van der Waals surface area (Å²) < 4.78 is 0. The monoisotopic (exact) mass is 140 g/mol. The molecule has 0 radical (unpaired) electrons. The first kappa shape index (κ1) is 6.62. The number of hydrogen-bond acceptors (Lipinski definition) is 2. The van der Waals surface area contributed by atoms with Crippen molar-refractivity contribution >= 4 is 0 Å². The molecule has 0 bridgehead atoms. The molecule has 10 heavy (non-hydrogen) atoms. The zero-order valence-electron chi connectivity index (χ0n) is 6.75. The molecule has 1 saturated heterocycles. The second-order valence-corrected chi connectivity index (χ2v) is 3.95. The van der Waals surface area contributed by atoms with Gasteiger partial charge >= 0.3 is 0 Å². The topological polar surface area (TPSA) is 29.3 Å². The van der Waals surface area contributed by atoms with E-state index in [1.807, 2.05) is 0 Å². The third kappa shape index (κ3) is 0.789. The number of piperidine rings is 1. The molecule has 2 heteroatoms. The number of hydrogen-bond donors (Lipinski definition) is 1. The molecule has 3 atom stereocenters. The second-order valence-electron chi connectivity index (χ2n) is 3.95. The third-order valence-electron chi connectivity index (χ3n) is 3.02. The number of fused-ring (bicyclic) bond motifs is 1. The van der Waals surface area contributed by atoms with Crippen LogP contribution in [0, 0.1) is 11.8 Å². The summed E-state index contributed by atoms with van der Waals surface area (Å²) in [6.45, 7) is 7.03. The van der Waals surface area contributed by atoms with Crippen LogP contribution in [0.3, 0.4) is 0 Å². The van der Waals surface area contributed by atoms with Crippen LogP contribution in [0.25, 0.3) is 0 Å². The molecule has 2 N–H and O–H groups in total. The number of nitrogens with zero attached hydrogens (tertiary/aromatic N) is 1. The Morgan fingerprint density at radius 2 is 1.80 bits per heavy atom. The molecule has 0 aromatic carbocycles. The van der Waals surface area contributed by atoms with Crippen molar-refractivity contribution in [2.75, 3.05) is 13.1 Å². The Morgan fingerprint density at radius 1 is 1.30 bits per heavy atom. The molecule has 0 aromatic heterocycles. The van der Waals surface area contributed by atoms with E-state index in [9.17, 15) is 0 Å². The normalized spacial score (nSPS) is 46.2. The average molecular weight is 140 g/mol. The van der Waals surface area contributed by atoms with Crippen molar-refractivity contribution in [1.29, 1.82) is 0 Å². The van der Waals surface area contributed by atoms with Crippen LogP contribution in [-0.2, 0) is 0 Å². The zero-order chi connectivity index (χ0) is 7.30. The molecule has 0 spiro atoms. The highest BCUT2D eigenvalue weighted by Crippen LogP contribution is 2.44. The lowest BCUT2D eigenvalue weighted by atomic mass is 10.3. The van der Waals surface area contributed by atoms with Crippen LogP contribution in [0.1, 0.15) is 13.8 Å². The van der Waals surface area contributed by atoms with Crippen molar-refractivity contribution < 1.29 is 0 Å². The molecule has 2 rings (SSSR count). The van der Waals surface area contributed by atoms with Gasteiger partial charge in [-0.3, -0.25) is 0 Å². The summed E-state index contributed by atoms with van der Waals surface area (Å²) >= 11 is 0. The minimum atomic E-state index is 0.551. The van der Waals surface area contributed by atoms with E-state index in [1.165, 1.54) is 13.1 Å². The van der Waals surface area contributed by atoms with Crippen molar-refractivity contribution in [3.63, 3.8) is 0 Å². The quantitative estimate of drug-likeness (QED) is 0.567. The van der Waals surface area contributed by atoms with Crippen molar-refractivity contribution in [3.8, 4) is 0 Å². The Labute approximate surface area is 62.4 Å². The van der Waals surface area contributed by atoms with Crippen LogP contribution in [0.15, 0.2) is 0 Å². The van der Waals surface area contributed by atoms with E-state index in [-0.39, 0.29) is 0 Å². The van der Waals surface area contributed by atoms with Gasteiger partial charge in [-0.05, 0) is 25.7 Å². The highest BCUT2D eigenvalue weighted by Gasteiger charge is 2.53. The molecule has 0 aromatic rings. The highest BCUT2D eigenvalue weighted by molar-refractivity contribution is 5.08. The Balaban J connectivity index is 1.89. The van der Waals surface area contributed by atoms with Gasteiger partial charge < -0.3 is 10.6 Å². The Bertz CT molecular complexity index is 132. The minimum Gasteiger partial charge on any atom is -0.327 e. The van der Waals surface area contributed by atoms with Crippen LogP contribution in [0.4, 0.5) is 0 Å². The lowest BCUT2D eigenvalue weighted by Crippen LogP contribution is -2.33. The predicted molar refractivity (Wildman–Crippen MR) is 41.7 cm³/mol. The van der Waals surface area contributed by atoms with Crippen molar-refractivity contribution in [2.45, 2.75) is 25.9 Å². The molecule has 1 saturated carbocycles. The lowest BCUT2D eigenvalue weighted by molar-refractivity contribution is 0.243. The second kappa shape index (κ2) is 1.95. The molecule has 2 unspecified atom stereocenters. The van der Waals surface area contributed by atoms with Gasteiger partial charge in [-0.1, -0.05) is 0 Å². The summed E-state index contributed by atoms with van der Waals surface area (Å²) in [6.07, 6.45) is 0. The van der Waals surface area contributed by atoms with E-state index in [4.69, 9.17) is 5.73 Å². The lowest BCUT2D eigenvalue weighted by Gasteiger charge is -2.22. The minimum absolute atomic E-state index is 0.551. The van der Waals surface area contributed by atoms with E-state index < -0.39 is 0 Å². The average Bonchev–Trinajstić information content (AvgIpc) is 2.38. The van der Waals surface area contributed by atoms with E-state index >= 15 is 0 Å². The van der Waals surface area contributed by atoms with Crippen molar-refractivity contribution in [2.24, 2.45) is 17.6 Å². The van der Waals surface area contributed by atoms with E-state index in [2.05, 4.69) is 18.7 Å². The predicted octanol–water partition coefficient (Wildman–Crippen LogP) is 0.284. The van der Waals surface area contributed by atoms with Gasteiger partial charge in [0.15, 0.2) is 0 Å². The zero-order valence-corrected chi connectivity index (χ0v) is 6.75. The molecule has 58 valence electrons. The van der Waals surface area contributed by atoms with Gasteiger partial charge in [-0.15, -0.1) is 0 Å². The van der Waals surface area contributed by atoms with E-state index in [0.29, 0.717) is 6.04 Å². The Morgan fingerprint density at radius 3 is 2.20 bits per heavy atom. The Kier molecular flexibility index (Phi) is 1.29. The first-order chi connectivity index (χ1) is 4.70. The summed E-state index contributed by atoms with van der Waals surface area (Å²) in [7, 11) is 0. The van der Waals surface area contributed by atoms with Gasteiger partial charge in [0.2, 0.25) is 0 Å². The maximum Gasteiger partial charge on any atom is 0.0127 e. The molecule has 2 nitrogen and oxygen atoms in total. The number of likely N-dealkylation sites (tertiary alicyclic amines) is 1. The molecular formula is C8H16N2. The fourth-order valence-corrected chi connectivity index (χ4v) is 2.03.